The molecule has 0 heterocycles. The summed E-state index contributed by atoms with van der Waals surface area (Å²) in [6, 6.07) is 3.78. The molecule has 1 saturated carbocycles. The lowest BCUT2D eigenvalue weighted by Crippen LogP contribution is -2.31. The van der Waals surface area contributed by atoms with Gasteiger partial charge in [0.25, 0.3) is 0 Å². The topological polar surface area (TPSA) is 9.23 Å². The Kier molecular flexibility index (Phi) is 5.31. The number of hydrogen-bond acceptors (Lipinski definition) is 1. The molecule has 1 fully saturated rings. The zero-order valence-electron chi connectivity index (χ0n) is 12.2. The molecule has 1 aromatic carbocycles. The molecule has 0 N–H and O–H groups in total. The van der Waals surface area contributed by atoms with Gasteiger partial charge >= 0.3 is 0 Å². The summed E-state index contributed by atoms with van der Waals surface area (Å²) >= 11 is 16.5. The molecular weight excluding hydrogens is 359 g/mol. The van der Waals surface area contributed by atoms with Crippen molar-refractivity contribution in [3.05, 3.63) is 27.2 Å². The number of halogens is 3. The maximum absolute atomic E-state index is 6.84. The van der Waals surface area contributed by atoms with Crippen molar-refractivity contribution in [1.82, 2.24) is 0 Å². The summed E-state index contributed by atoms with van der Waals surface area (Å²) < 4.78 is 6.38. The highest BCUT2D eigenvalue weighted by Crippen LogP contribution is 2.52. The third kappa shape index (κ3) is 3.28. The minimum atomic E-state index is -0.0738. The second-order valence-electron chi connectivity index (χ2n) is 6.25. The summed E-state index contributed by atoms with van der Waals surface area (Å²) in [5, 5.41) is 0.613. The van der Waals surface area contributed by atoms with Crippen LogP contribution in [0.25, 0.3) is 0 Å². The molecule has 4 heteroatoms. The molecule has 0 saturated heterocycles. The molecular formula is C16H21BrCl2O. The second kappa shape index (κ2) is 6.46. The molecule has 1 aromatic rings. The van der Waals surface area contributed by atoms with Gasteiger partial charge in [-0.15, -0.1) is 11.6 Å². The van der Waals surface area contributed by atoms with E-state index in [-0.39, 0.29) is 10.8 Å². The molecule has 2 atom stereocenters. The van der Waals surface area contributed by atoms with Crippen LogP contribution < -0.4 is 4.74 Å². The van der Waals surface area contributed by atoms with Crippen LogP contribution in [-0.2, 0) is 0 Å². The molecule has 20 heavy (non-hydrogen) atoms. The standard InChI is InChI=1S/C16H21BrCl2O/c1-16(2)7-5-4-6-12(16)14(19)11-8-10(18)9-13(17)15(11)20-3/h8-9,12,14H,4-7H2,1-3H3. The first kappa shape index (κ1) is 16.5. The Morgan fingerprint density at radius 3 is 2.65 bits per heavy atom. The molecule has 112 valence electrons. The van der Waals surface area contributed by atoms with Gasteiger partial charge in [-0.2, -0.15) is 0 Å². The third-order valence-electron chi connectivity index (χ3n) is 4.48. The molecule has 2 rings (SSSR count). The number of ether oxygens (including phenoxy) is 1. The number of methoxy groups -OCH3 is 1. The van der Waals surface area contributed by atoms with Crippen LogP contribution in [0, 0.1) is 11.3 Å². The molecule has 0 amide bonds. The summed E-state index contributed by atoms with van der Waals surface area (Å²) in [5.74, 6) is 1.24. The van der Waals surface area contributed by atoms with Gasteiger partial charge in [0.2, 0.25) is 0 Å². The van der Waals surface area contributed by atoms with E-state index in [4.69, 9.17) is 27.9 Å². The second-order valence-corrected chi connectivity index (χ2v) is 8.01. The van der Waals surface area contributed by atoms with Gasteiger partial charge in [0.1, 0.15) is 5.75 Å². The predicted molar refractivity (Wildman–Crippen MR) is 90.0 cm³/mol. The largest absolute Gasteiger partial charge is 0.495 e. The Labute approximate surface area is 140 Å². The van der Waals surface area contributed by atoms with Crippen LogP contribution in [0.1, 0.15) is 50.5 Å². The lowest BCUT2D eigenvalue weighted by molar-refractivity contribution is 0.132. The summed E-state index contributed by atoms with van der Waals surface area (Å²) in [5.41, 5.74) is 1.25. The molecule has 2 unspecified atom stereocenters. The summed E-state index contributed by atoms with van der Waals surface area (Å²) in [6.07, 6.45) is 4.93. The molecule has 0 radical (unpaired) electrons. The maximum atomic E-state index is 6.84. The van der Waals surface area contributed by atoms with Crippen LogP contribution in [0.2, 0.25) is 5.02 Å². The molecule has 0 aliphatic heterocycles. The van der Waals surface area contributed by atoms with Crippen molar-refractivity contribution in [2.45, 2.75) is 44.9 Å². The van der Waals surface area contributed by atoms with Crippen LogP contribution >= 0.6 is 39.1 Å². The van der Waals surface area contributed by atoms with Gasteiger partial charge in [-0.25, -0.2) is 0 Å². The van der Waals surface area contributed by atoms with Gasteiger partial charge in [-0.1, -0.05) is 38.3 Å². The fourth-order valence-corrected chi connectivity index (χ4v) is 4.91. The van der Waals surface area contributed by atoms with E-state index in [1.54, 1.807) is 7.11 Å². The predicted octanol–water partition coefficient (Wildman–Crippen LogP) is 6.61. The van der Waals surface area contributed by atoms with Crippen molar-refractivity contribution in [3.8, 4) is 5.75 Å². The van der Waals surface area contributed by atoms with E-state index in [9.17, 15) is 0 Å². The SMILES string of the molecule is COc1c(Br)cc(Cl)cc1C(Cl)C1CCCCC1(C)C. The Bertz CT molecular complexity index is 488. The van der Waals surface area contributed by atoms with E-state index in [2.05, 4.69) is 29.8 Å². The van der Waals surface area contributed by atoms with Crippen molar-refractivity contribution in [1.29, 1.82) is 0 Å². The third-order valence-corrected chi connectivity index (χ3v) is 5.83. The lowest BCUT2D eigenvalue weighted by atomic mass is 9.66. The van der Waals surface area contributed by atoms with Crippen LogP contribution in [0.3, 0.4) is 0 Å². The maximum Gasteiger partial charge on any atom is 0.137 e. The number of alkyl halides is 1. The highest BCUT2D eigenvalue weighted by Gasteiger charge is 2.38. The Morgan fingerprint density at radius 2 is 2.05 bits per heavy atom. The molecule has 1 nitrogen and oxygen atoms in total. The van der Waals surface area contributed by atoms with Crippen molar-refractivity contribution in [2.24, 2.45) is 11.3 Å². The Balaban J connectivity index is 2.39. The van der Waals surface area contributed by atoms with E-state index < -0.39 is 0 Å². The van der Waals surface area contributed by atoms with Gasteiger partial charge in [-0.3, -0.25) is 0 Å². The average Bonchev–Trinajstić information content (AvgIpc) is 2.36. The van der Waals surface area contributed by atoms with Gasteiger partial charge in [0.15, 0.2) is 0 Å². The smallest absolute Gasteiger partial charge is 0.137 e. The quantitative estimate of drug-likeness (QED) is 0.537. The highest BCUT2D eigenvalue weighted by molar-refractivity contribution is 9.10. The first-order chi connectivity index (χ1) is 9.36. The van der Waals surface area contributed by atoms with E-state index in [0.29, 0.717) is 10.9 Å². The zero-order valence-corrected chi connectivity index (χ0v) is 15.3. The van der Waals surface area contributed by atoms with Crippen LogP contribution in [0.5, 0.6) is 5.75 Å². The van der Waals surface area contributed by atoms with E-state index in [1.807, 2.05) is 12.1 Å². The first-order valence-corrected chi connectivity index (χ1v) is 8.64. The molecule has 0 bridgehead atoms. The van der Waals surface area contributed by atoms with Gasteiger partial charge in [0, 0.05) is 10.6 Å². The molecule has 0 aromatic heterocycles. The fourth-order valence-electron chi connectivity index (χ4n) is 3.28. The highest BCUT2D eigenvalue weighted by atomic mass is 79.9. The van der Waals surface area contributed by atoms with Crippen LogP contribution in [0.15, 0.2) is 16.6 Å². The van der Waals surface area contributed by atoms with Crippen LogP contribution in [0.4, 0.5) is 0 Å². The Morgan fingerprint density at radius 1 is 1.35 bits per heavy atom. The van der Waals surface area contributed by atoms with Gasteiger partial charge < -0.3 is 4.74 Å². The van der Waals surface area contributed by atoms with E-state index >= 15 is 0 Å². The number of benzene rings is 1. The van der Waals surface area contributed by atoms with Gasteiger partial charge in [-0.05, 0) is 52.2 Å². The number of rotatable bonds is 3. The molecule has 0 spiro atoms. The Hall–Kier alpha value is 0.0800. The van der Waals surface area contributed by atoms with Crippen molar-refractivity contribution < 1.29 is 4.74 Å². The van der Waals surface area contributed by atoms with Crippen molar-refractivity contribution in [2.75, 3.05) is 7.11 Å². The molecule has 1 aliphatic carbocycles. The summed E-state index contributed by atoms with van der Waals surface area (Å²) in [4.78, 5) is 0. The minimum Gasteiger partial charge on any atom is -0.495 e. The minimum absolute atomic E-state index is 0.0738. The lowest BCUT2D eigenvalue weighted by Gasteiger charge is -2.41. The van der Waals surface area contributed by atoms with Crippen molar-refractivity contribution >= 4 is 39.1 Å². The monoisotopic (exact) mass is 378 g/mol. The van der Waals surface area contributed by atoms with E-state index in [0.717, 1.165) is 22.2 Å². The normalized spacial score (nSPS) is 23.4. The molecule has 1 aliphatic rings. The zero-order chi connectivity index (χ0) is 14.9. The summed E-state index contributed by atoms with van der Waals surface area (Å²) in [6.45, 7) is 4.64. The van der Waals surface area contributed by atoms with Gasteiger partial charge in [0.05, 0.1) is 17.0 Å². The van der Waals surface area contributed by atoms with Crippen LogP contribution in [-0.4, -0.2) is 7.11 Å². The number of hydrogen-bond donors (Lipinski definition) is 0. The first-order valence-electron chi connectivity index (χ1n) is 7.04. The van der Waals surface area contributed by atoms with E-state index in [1.165, 1.54) is 19.3 Å². The fraction of sp³-hybridized carbons (Fsp3) is 0.625. The van der Waals surface area contributed by atoms with Crippen molar-refractivity contribution in [3.63, 3.8) is 0 Å². The summed E-state index contributed by atoms with van der Waals surface area (Å²) in [7, 11) is 1.67. The average molecular weight is 380 g/mol.